The van der Waals surface area contributed by atoms with Gasteiger partial charge in [-0.1, -0.05) is 24.3 Å². The van der Waals surface area contributed by atoms with Crippen LogP contribution < -0.4 is 5.14 Å². The van der Waals surface area contributed by atoms with Gasteiger partial charge in [-0.3, -0.25) is 4.90 Å². The summed E-state index contributed by atoms with van der Waals surface area (Å²) < 4.78 is 44.5. The monoisotopic (exact) mass is 447 g/mol. The largest absolute Gasteiger partial charge is 0.383 e. The maximum Gasteiger partial charge on any atom is 0.238 e. The van der Waals surface area contributed by atoms with Crippen LogP contribution in [0, 0.1) is 12.7 Å². The SMILES string of the molecule is COCCN(C)Cc1nc(Cc2ccccc2C)n(-c2ccc(S(N)(=O)=O)cc2F)n1. The lowest BCUT2D eigenvalue weighted by Gasteiger charge is -2.13. The van der Waals surface area contributed by atoms with E-state index in [2.05, 4.69) is 10.1 Å². The Labute approximate surface area is 181 Å². The number of halogens is 1. The van der Waals surface area contributed by atoms with Crippen LogP contribution in [-0.2, 0) is 27.7 Å². The number of ether oxygens (including phenoxy) is 1. The van der Waals surface area contributed by atoms with Gasteiger partial charge in [-0.15, -0.1) is 5.10 Å². The van der Waals surface area contributed by atoms with Crippen molar-refractivity contribution in [3.05, 3.63) is 71.1 Å². The maximum atomic E-state index is 14.9. The van der Waals surface area contributed by atoms with Crippen LogP contribution in [0.2, 0.25) is 0 Å². The summed E-state index contributed by atoms with van der Waals surface area (Å²) in [5, 5.41) is 9.63. The molecule has 2 N–H and O–H groups in total. The summed E-state index contributed by atoms with van der Waals surface area (Å²) >= 11 is 0. The molecule has 0 unspecified atom stereocenters. The molecule has 0 bridgehead atoms. The van der Waals surface area contributed by atoms with Gasteiger partial charge in [0.25, 0.3) is 0 Å². The number of hydrogen-bond donors (Lipinski definition) is 1. The van der Waals surface area contributed by atoms with Gasteiger partial charge in [0.2, 0.25) is 10.0 Å². The first-order valence-electron chi connectivity index (χ1n) is 9.68. The van der Waals surface area contributed by atoms with Crippen LogP contribution in [0.25, 0.3) is 5.69 Å². The molecule has 0 radical (unpaired) electrons. The van der Waals surface area contributed by atoms with E-state index >= 15 is 0 Å². The Balaban J connectivity index is 2.02. The van der Waals surface area contributed by atoms with Crippen LogP contribution in [0.15, 0.2) is 47.4 Å². The van der Waals surface area contributed by atoms with E-state index in [1.165, 1.54) is 16.8 Å². The lowest BCUT2D eigenvalue weighted by Crippen LogP contribution is -2.23. The van der Waals surface area contributed by atoms with E-state index in [1.54, 1.807) is 7.11 Å². The fourth-order valence-corrected chi connectivity index (χ4v) is 3.67. The predicted octanol–water partition coefficient (Wildman–Crippen LogP) is 2.03. The van der Waals surface area contributed by atoms with Crippen LogP contribution in [0.4, 0.5) is 4.39 Å². The lowest BCUT2D eigenvalue weighted by molar-refractivity contribution is 0.157. The molecule has 3 aromatic rings. The first-order valence-corrected chi connectivity index (χ1v) is 11.2. The minimum absolute atomic E-state index is 0.106. The molecular weight excluding hydrogens is 421 g/mol. The van der Waals surface area contributed by atoms with E-state index in [0.29, 0.717) is 37.8 Å². The summed E-state index contributed by atoms with van der Waals surface area (Å²) in [4.78, 5) is 6.35. The first kappa shape index (κ1) is 23.0. The average molecular weight is 448 g/mol. The molecule has 0 aliphatic rings. The smallest absolute Gasteiger partial charge is 0.238 e. The molecule has 0 atom stereocenters. The molecule has 1 aromatic heterocycles. The topological polar surface area (TPSA) is 103 Å². The highest BCUT2D eigenvalue weighted by Gasteiger charge is 2.19. The summed E-state index contributed by atoms with van der Waals surface area (Å²) in [6, 6.07) is 11.4. The Morgan fingerprint density at radius 3 is 2.61 bits per heavy atom. The van der Waals surface area contributed by atoms with E-state index < -0.39 is 15.8 Å². The zero-order valence-corrected chi connectivity index (χ0v) is 18.6. The molecule has 0 fully saturated rings. The second-order valence-corrected chi connectivity index (χ2v) is 8.91. The molecule has 3 rings (SSSR count). The maximum absolute atomic E-state index is 14.9. The fraction of sp³-hybridized carbons (Fsp3) is 0.333. The summed E-state index contributed by atoms with van der Waals surface area (Å²) in [6.45, 7) is 3.71. The highest BCUT2D eigenvalue weighted by molar-refractivity contribution is 7.89. The highest BCUT2D eigenvalue weighted by atomic mass is 32.2. The lowest BCUT2D eigenvalue weighted by atomic mass is 10.1. The number of sulfonamides is 1. The van der Waals surface area contributed by atoms with Crippen molar-refractivity contribution in [1.82, 2.24) is 19.7 Å². The van der Waals surface area contributed by atoms with Gasteiger partial charge in [0.15, 0.2) is 5.82 Å². The van der Waals surface area contributed by atoms with Crippen LogP contribution >= 0.6 is 0 Å². The Kier molecular flexibility index (Phi) is 7.16. The van der Waals surface area contributed by atoms with Gasteiger partial charge in [0, 0.05) is 20.1 Å². The number of benzene rings is 2. The number of aryl methyl sites for hydroxylation is 1. The van der Waals surface area contributed by atoms with Gasteiger partial charge < -0.3 is 4.74 Å². The van der Waals surface area contributed by atoms with E-state index in [4.69, 9.17) is 9.88 Å². The van der Waals surface area contributed by atoms with Crippen LogP contribution in [0.1, 0.15) is 22.8 Å². The van der Waals surface area contributed by atoms with Crippen LogP contribution in [0.5, 0.6) is 0 Å². The Hall–Kier alpha value is -2.66. The molecular formula is C21H26FN5O3S. The zero-order valence-electron chi connectivity index (χ0n) is 17.7. The molecule has 0 saturated heterocycles. The van der Waals surface area contributed by atoms with E-state index in [1.807, 2.05) is 43.1 Å². The number of nitrogens with zero attached hydrogens (tertiary/aromatic N) is 4. The van der Waals surface area contributed by atoms with Gasteiger partial charge in [0.1, 0.15) is 17.3 Å². The summed E-state index contributed by atoms with van der Waals surface area (Å²) in [5.41, 5.74) is 2.23. The number of rotatable bonds is 9. The molecule has 0 saturated carbocycles. The van der Waals surface area contributed by atoms with Crippen LogP contribution in [-0.4, -0.2) is 55.4 Å². The third-order valence-corrected chi connectivity index (χ3v) is 5.80. The number of methoxy groups -OCH3 is 1. The van der Waals surface area contributed by atoms with Crippen molar-refractivity contribution in [2.45, 2.75) is 24.8 Å². The van der Waals surface area contributed by atoms with Crippen molar-refractivity contribution >= 4 is 10.0 Å². The van der Waals surface area contributed by atoms with Gasteiger partial charge in [0.05, 0.1) is 18.0 Å². The molecule has 1 heterocycles. The number of aromatic nitrogens is 3. The normalized spacial score (nSPS) is 11.9. The minimum Gasteiger partial charge on any atom is -0.383 e. The van der Waals surface area contributed by atoms with Crippen LogP contribution in [0.3, 0.4) is 0 Å². The summed E-state index contributed by atoms with van der Waals surface area (Å²) in [6.07, 6.45) is 0.442. The quantitative estimate of drug-likeness (QED) is 0.538. The van der Waals surface area contributed by atoms with Crippen molar-refractivity contribution in [3.8, 4) is 5.69 Å². The van der Waals surface area contributed by atoms with Gasteiger partial charge in [-0.25, -0.2) is 27.6 Å². The number of likely N-dealkylation sites (N-methyl/N-ethyl adjacent to an activating group) is 1. The van der Waals surface area contributed by atoms with Crippen molar-refractivity contribution in [3.63, 3.8) is 0 Å². The Bertz CT molecular complexity index is 1160. The van der Waals surface area contributed by atoms with Crippen molar-refractivity contribution < 1.29 is 17.5 Å². The van der Waals surface area contributed by atoms with E-state index in [0.717, 1.165) is 17.2 Å². The van der Waals surface area contributed by atoms with Crippen molar-refractivity contribution in [2.24, 2.45) is 5.14 Å². The standard InChI is InChI=1S/C21H26FN5O3S/c1-15-6-4-5-7-16(15)12-21-24-20(14-26(2)10-11-30-3)25-27(21)19-9-8-17(13-18(19)22)31(23,28)29/h4-9,13H,10-12,14H2,1-3H3,(H2,23,28,29). The molecule has 31 heavy (non-hydrogen) atoms. The molecule has 0 aliphatic heterocycles. The van der Waals surface area contributed by atoms with Gasteiger partial charge >= 0.3 is 0 Å². The molecule has 2 aromatic carbocycles. The second-order valence-electron chi connectivity index (χ2n) is 7.35. The third kappa shape index (κ3) is 5.73. The molecule has 0 amide bonds. The molecule has 0 spiro atoms. The van der Waals surface area contributed by atoms with Crippen molar-refractivity contribution in [1.29, 1.82) is 0 Å². The zero-order chi connectivity index (χ0) is 22.6. The third-order valence-electron chi connectivity index (χ3n) is 4.89. The number of hydrogen-bond acceptors (Lipinski definition) is 6. The second kappa shape index (κ2) is 9.65. The number of nitrogens with two attached hydrogens (primary N) is 1. The average Bonchev–Trinajstić information content (AvgIpc) is 3.09. The molecule has 0 aliphatic carbocycles. The minimum atomic E-state index is -4.01. The van der Waals surface area contributed by atoms with Crippen molar-refractivity contribution in [2.75, 3.05) is 27.3 Å². The van der Waals surface area contributed by atoms with E-state index in [-0.39, 0.29) is 10.6 Å². The number of primary sulfonamides is 1. The fourth-order valence-electron chi connectivity index (χ4n) is 3.15. The van der Waals surface area contributed by atoms with Gasteiger partial charge in [-0.05, 0) is 43.3 Å². The molecule has 10 heteroatoms. The summed E-state index contributed by atoms with van der Waals surface area (Å²) in [5.74, 6) is 0.325. The molecule has 166 valence electrons. The first-order chi connectivity index (χ1) is 14.7. The molecule has 8 nitrogen and oxygen atoms in total. The predicted molar refractivity (Wildman–Crippen MR) is 115 cm³/mol. The van der Waals surface area contributed by atoms with Gasteiger partial charge in [-0.2, -0.15) is 0 Å². The Morgan fingerprint density at radius 2 is 1.97 bits per heavy atom. The van der Waals surface area contributed by atoms with E-state index in [9.17, 15) is 12.8 Å². The summed E-state index contributed by atoms with van der Waals surface area (Å²) in [7, 11) is -0.459. The highest BCUT2D eigenvalue weighted by Crippen LogP contribution is 2.21. The Morgan fingerprint density at radius 1 is 1.23 bits per heavy atom.